The smallest absolute Gasteiger partial charge is 0.137 e. The van der Waals surface area contributed by atoms with Crippen LogP contribution in [0.15, 0.2) is 35.6 Å². The standard InChI is InChI=1S/C14H10FN3O2/c1-20-11-6-9(7-17-19)18-14-12(11)10(15)5-8-3-2-4-16-13(8)14/h2-7,19H,1H3/b17-7-. The summed E-state index contributed by atoms with van der Waals surface area (Å²) in [7, 11) is 1.44. The number of halogens is 1. The Morgan fingerprint density at radius 2 is 2.20 bits per heavy atom. The number of oxime groups is 1. The number of benzene rings is 1. The monoisotopic (exact) mass is 271 g/mol. The third-order valence-corrected chi connectivity index (χ3v) is 3.00. The number of rotatable bonds is 2. The van der Waals surface area contributed by atoms with E-state index in [4.69, 9.17) is 9.94 Å². The quantitative estimate of drug-likeness (QED) is 0.337. The molecular weight excluding hydrogens is 261 g/mol. The first-order valence-electron chi connectivity index (χ1n) is 5.84. The summed E-state index contributed by atoms with van der Waals surface area (Å²) in [5.41, 5.74) is 1.29. The van der Waals surface area contributed by atoms with Crippen LogP contribution in [0.5, 0.6) is 5.75 Å². The molecule has 2 heterocycles. The first-order chi connectivity index (χ1) is 9.74. The van der Waals surface area contributed by atoms with Crippen molar-refractivity contribution in [2.24, 2.45) is 5.16 Å². The first-order valence-corrected chi connectivity index (χ1v) is 5.84. The fourth-order valence-corrected chi connectivity index (χ4v) is 2.17. The minimum absolute atomic E-state index is 0.258. The SMILES string of the molecule is COc1cc(/C=N\O)nc2c1c(F)cc1cccnc12. The number of pyridine rings is 2. The van der Waals surface area contributed by atoms with E-state index in [-0.39, 0.29) is 5.39 Å². The highest BCUT2D eigenvalue weighted by Crippen LogP contribution is 2.32. The summed E-state index contributed by atoms with van der Waals surface area (Å²) >= 11 is 0. The van der Waals surface area contributed by atoms with Gasteiger partial charge >= 0.3 is 0 Å². The van der Waals surface area contributed by atoms with E-state index in [0.29, 0.717) is 27.9 Å². The normalized spacial score (nSPS) is 11.5. The maximum Gasteiger partial charge on any atom is 0.137 e. The van der Waals surface area contributed by atoms with E-state index in [9.17, 15) is 4.39 Å². The molecule has 100 valence electrons. The molecule has 0 saturated heterocycles. The van der Waals surface area contributed by atoms with E-state index in [1.807, 2.05) is 0 Å². The van der Waals surface area contributed by atoms with Crippen LogP contribution in [0, 0.1) is 5.82 Å². The average Bonchev–Trinajstić information content (AvgIpc) is 2.47. The highest BCUT2D eigenvalue weighted by atomic mass is 19.1. The number of ether oxygens (including phenoxy) is 1. The molecule has 0 fully saturated rings. The second-order valence-corrected chi connectivity index (χ2v) is 4.15. The summed E-state index contributed by atoms with van der Waals surface area (Å²) in [4.78, 5) is 8.51. The third-order valence-electron chi connectivity index (χ3n) is 3.00. The second kappa shape index (κ2) is 4.73. The number of fused-ring (bicyclic) bond motifs is 3. The largest absolute Gasteiger partial charge is 0.496 e. The van der Waals surface area contributed by atoms with Crippen molar-refractivity contribution in [1.82, 2.24) is 9.97 Å². The molecular formula is C14H10FN3O2. The van der Waals surface area contributed by atoms with Gasteiger partial charge in [0.25, 0.3) is 0 Å². The highest BCUT2D eigenvalue weighted by Gasteiger charge is 2.14. The Hall–Kier alpha value is -2.76. The molecule has 0 bridgehead atoms. The van der Waals surface area contributed by atoms with Crippen molar-refractivity contribution in [3.8, 4) is 5.75 Å². The summed E-state index contributed by atoms with van der Waals surface area (Å²) < 4.78 is 19.4. The molecule has 0 radical (unpaired) electrons. The predicted molar refractivity (Wildman–Crippen MR) is 72.9 cm³/mol. The first kappa shape index (κ1) is 12.3. The van der Waals surface area contributed by atoms with E-state index in [1.165, 1.54) is 19.2 Å². The number of hydrogen-bond donors (Lipinski definition) is 1. The lowest BCUT2D eigenvalue weighted by Gasteiger charge is -2.09. The molecule has 0 spiro atoms. The topological polar surface area (TPSA) is 67.6 Å². The van der Waals surface area contributed by atoms with Gasteiger partial charge in [0.05, 0.1) is 29.9 Å². The van der Waals surface area contributed by atoms with E-state index in [1.54, 1.807) is 18.3 Å². The van der Waals surface area contributed by atoms with Crippen LogP contribution >= 0.6 is 0 Å². The van der Waals surface area contributed by atoms with Crippen LogP contribution in [0.4, 0.5) is 4.39 Å². The molecule has 0 saturated carbocycles. The van der Waals surface area contributed by atoms with Crippen molar-refractivity contribution in [1.29, 1.82) is 0 Å². The van der Waals surface area contributed by atoms with Crippen molar-refractivity contribution >= 4 is 28.0 Å². The average molecular weight is 271 g/mol. The van der Waals surface area contributed by atoms with Crippen LogP contribution in [-0.2, 0) is 0 Å². The maximum atomic E-state index is 14.3. The van der Waals surface area contributed by atoms with Gasteiger partial charge in [-0.1, -0.05) is 11.2 Å². The number of nitrogens with zero attached hydrogens (tertiary/aromatic N) is 3. The van der Waals surface area contributed by atoms with Gasteiger partial charge in [-0.05, 0) is 12.1 Å². The highest BCUT2D eigenvalue weighted by molar-refractivity contribution is 6.06. The molecule has 20 heavy (non-hydrogen) atoms. The third kappa shape index (κ3) is 1.82. The van der Waals surface area contributed by atoms with Gasteiger partial charge in [0.15, 0.2) is 0 Å². The van der Waals surface area contributed by atoms with Crippen molar-refractivity contribution < 1.29 is 14.3 Å². The van der Waals surface area contributed by atoms with Crippen LogP contribution in [-0.4, -0.2) is 28.5 Å². The summed E-state index contributed by atoms with van der Waals surface area (Å²) in [6.07, 6.45) is 2.77. The molecule has 2 aromatic heterocycles. The predicted octanol–water partition coefficient (Wildman–Crippen LogP) is 2.74. The molecule has 0 amide bonds. The van der Waals surface area contributed by atoms with Crippen molar-refractivity contribution in [2.45, 2.75) is 0 Å². The Morgan fingerprint density at radius 3 is 2.95 bits per heavy atom. The Labute approximate surface area is 113 Å². The van der Waals surface area contributed by atoms with Crippen LogP contribution in [0.3, 0.4) is 0 Å². The van der Waals surface area contributed by atoms with Gasteiger partial charge in [-0.2, -0.15) is 0 Å². The molecule has 0 unspecified atom stereocenters. The zero-order valence-corrected chi connectivity index (χ0v) is 10.5. The van der Waals surface area contributed by atoms with Gasteiger partial charge in [0, 0.05) is 17.6 Å². The summed E-state index contributed by atoms with van der Waals surface area (Å²) in [5, 5.41) is 12.5. The number of aromatic nitrogens is 2. The van der Waals surface area contributed by atoms with Crippen LogP contribution < -0.4 is 4.74 Å². The van der Waals surface area contributed by atoms with Gasteiger partial charge in [-0.15, -0.1) is 0 Å². The van der Waals surface area contributed by atoms with Gasteiger partial charge < -0.3 is 9.94 Å². The molecule has 3 aromatic rings. The van der Waals surface area contributed by atoms with E-state index in [2.05, 4.69) is 15.1 Å². The van der Waals surface area contributed by atoms with Crippen molar-refractivity contribution in [2.75, 3.05) is 7.11 Å². The lowest BCUT2D eigenvalue weighted by atomic mass is 10.1. The van der Waals surface area contributed by atoms with E-state index >= 15 is 0 Å². The molecule has 6 heteroatoms. The Balaban J connectivity index is 2.52. The van der Waals surface area contributed by atoms with Crippen molar-refractivity contribution in [3.05, 3.63) is 42.0 Å². The Morgan fingerprint density at radius 1 is 1.35 bits per heavy atom. The van der Waals surface area contributed by atoms with Gasteiger partial charge in [-0.3, -0.25) is 4.98 Å². The van der Waals surface area contributed by atoms with Crippen molar-refractivity contribution in [3.63, 3.8) is 0 Å². The van der Waals surface area contributed by atoms with Crippen LogP contribution in [0.25, 0.3) is 21.8 Å². The Bertz CT molecular complexity index is 833. The number of hydrogen-bond acceptors (Lipinski definition) is 5. The maximum absolute atomic E-state index is 14.3. The molecule has 0 aliphatic carbocycles. The fourth-order valence-electron chi connectivity index (χ4n) is 2.17. The fraction of sp³-hybridized carbons (Fsp3) is 0.0714. The van der Waals surface area contributed by atoms with Crippen LogP contribution in [0.2, 0.25) is 0 Å². The van der Waals surface area contributed by atoms with Crippen LogP contribution in [0.1, 0.15) is 5.69 Å². The Kier molecular flexibility index (Phi) is 2.90. The molecule has 5 nitrogen and oxygen atoms in total. The second-order valence-electron chi connectivity index (χ2n) is 4.15. The molecule has 0 aliphatic rings. The zero-order valence-electron chi connectivity index (χ0n) is 10.5. The minimum atomic E-state index is -0.433. The summed E-state index contributed by atoms with van der Waals surface area (Å²) in [6.45, 7) is 0. The molecule has 0 aliphatic heterocycles. The van der Waals surface area contributed by atoms with E-state index < -0.39 is 5.82 Å². The minimum Gasteiger partial charge on any atom is -0.496 e. The lowest BCUT2D eigenvalue weighted by molar-refractivity contribution is 0.321. The number of methoxy groups -OCH3 is 1. The molecule has 1 N–H and O–H groups in total. The summed E-state index contributed by atoms with van der Waals surface area (Å²) in [6, 6.07) is 6.38. The van der Waals surface area contributed by atoms with Gasteiger partial charge in [0.1, 0.15) is 17.1 Å². The lowest BCUT2D eigenvalue weighted by Crippen LogP contribution is -1.97. The molecule has 3 rings (SSSR count). The zero-order chi connectivity index (χ0) is 14.1. The van der Waals surface area contributed by atoms with E-state index in [0.717, 1.165) is 6.21 Å². The molecule has 0 atom stereocenters. The van der Waals surface area contributed by atoms with Gasteiger partial charge in [0.2, 0.25) is 0 Å². The van der Waals surface area contributed by atoms with Gasteiger partial charge in [-0.25, -0.2) is 9.37 Å². The molecule has 1 aromatic carbocycles. The summed E-state index contributed by atoms with van der Waals surface area (Å²) in [5.74, 6) is -0.118.